The molecular weight excluding hydrogens is 480 g/mol. The fraction of sp³-hybridized carbons (Fsp3) is 0.290. The lowest BCUT2D eigenvalue weighted by atomic mass is 10.1. The van der Waals surface area contributed by atoms with Gasteiger partial charge in [0, 0.05) is 18.1 Å². The zero-order valence-electron chi connectivity index (χ0n) is 21.7. The third-order valence-electron chi connectivity index (χ3n) is 5.82. The second-order valence-electron chi connectivity index (χ2n) is 8.88. The predicted octanol–water partition coefficient (Wildman–Crippen LogP) is 6.72. The number of benzene rings is 3. The maximum Gasteiger partial charge on any atom is 0.343 e. The number of rotatable bonds is 14. The van der Waals surface area contributed by atoms with Crippen LogP contribution in [0, 0.1) is 0 Å². The van der Waals surface area contributed by atoms with E-state index in [4.69, 9.17) is 9.47 Å². The van der Waals surface area contributed by atoms with Crippen molar-refractivity contribution in [1.82, 2.24) is 5.43 Å². The normalized spacial score (nSPS) is 10.8. The molecule has 0 radical (unpaired) electrons. The molecule has 0 aromatic heterocycles. The average molecular weight is 515 g/mol. The molecule has 0 spiro atoms. The number of nitrogens with zero attached hydrogens (tertiary/aromatic N) is 1. The molecule has 3 rings (SSSR count). The Morgan fingerprint density at radius 3 is 1.95 bits per heavy atom. The van der Waals surface area contributed by atoms with Crippen molar-refractivity contribution in [3.8, 4) is 11.5 Å². The van der Waals surface area contributed by atoms with E-state index in [9.17, 15) is 14.4 Å². The third-order valence-corrected chi connectivity index (χ3v) is 5.82. The monoisotopic (exact) mass is 514 g/mol. The van der Waals surface area contributed by atoms with Crippen molar-refractivity contribution in [3.63, 3.8) is 0 Å². The van der Waals surface area contributed by atoms with Crippen molar-refractivity contribution in [2.24, 2.45) is 5.10 Å². The van der Waals surface area contributed by atoms with Crippen LogP contribution in [-0.4, -0.2) is 24.1 Å². The van der Waals surface area contributed by atoms with Crippen LogP contribution >= 0.6 is 0 Å². The molecule has 0 aliphatic heterocycles. The molecule has 0 unspecified atom stereocenters. The zero-order chi connectivity index (χ0) is 27.0. The molecule has 0 saturated carbocycles. The molecule has 198 valence electrons. The molecule has 7 heteroatoms. The Kier molecular flexibility index (Phi) is 11.7. The topological polar surface area (TPSA) is 94.1 Å². The van der Waals surface area contributed by atoms with Crippen LogP contribution < -0.4 is 14.9 Å². The largest absolute Gasteiger partial charge is 0.423 e. The highest BCUT2D eigenvalue weighted by atomic mass is 16.5. The third kappa shape index (κ3) is 9.65. The fourth-order valence-electron chi connectivity index (χ4n) is 3.72. The molecule has 0 aliphatic rings. The van der Waals surface area contributed by atoms with Crippen LogP contribution in [0.15, 0.2) is 84.0 Å². The molecule has 7 nitrogen and oxygen atoms in total. The van der Waals surface area contributed by atoms with Crippen LogP contribution in [0.25, 0.3) is 0 Å². The quantitative estimate of drug-likeness (QED) is 0.0848. The lowest BCUT2D eigenvalue weighted by Crippen LogP contribution is -2.17. The van der Waals surface area contributed by atoms with Crippen molar-refractivity contribution in [3.05, 3.63) is 95.6 Å². The minimum Gasteiger partial charge on any atom is -0.423 e. The predicted molar refractivity (Wildman–Crippen MR) is 148 cm³/mol. The molecular formula is C31H34N2O5. The number of carbonyl (C=O) groups excluding carboxylic acids is 3. The molecule has 1 N–H and O–H groups in total. The van der Waals surface area contributed by atoms with Crippen molar-refractivity contribution >= 4 is 24.1 Å². The standard InChI is InChI=1S/C31H34N2O5/c1-2-3-4-5-6-7-14-19-29(34)33-32-23-26-20-21-27(37-30(35)24-15-10-8-11-16-24)22-28(26)38-31(36)25-17-12-9-13-18-25/h8-13,15-18,20-23H,2-7,14,19H2,1H3,(H,33,34)/b32-23+. The van der Waals surface area contributed by atoms with Crippen LogP contribution in [0.5, 0.6) is 11.5 Å². The summed E-state index contributed by atoms with van der Waals surface area (Å²) >= 11 is 0. The maximum atomic E-state index is 12.7. The highest BCUT2D eigenvalue weighted by Crippen LogP contribution is 2.26. The summed E-state index contributed by atoms with van der Waals surface area (Å²) in [5.74, 6) is -0.942. The molecule has 3 aromatic carbocycles. The van der Waals surface area contributed by atoms with E-state index in [1.807, 2.05) is 0 Å². The zero-order valence-corrected chi connectivity index (χ0v) is 21.7. The Labute approximate surface area is 223 Å². The maximum absolute atomic E-state index is 12.7. The number of hydrogen-bond donors (Lipinski definition) is 1. The second kappa shape index (κ2) is 15.8. The lowest BCUT2D eigenvalue weighted by molar-refractivity contribution is -0.121. The van der Waals surface area contributed by atoms with Crippen LogP contribution in [0.2, 0.25) is 0 Å². The number of nitrogens with one attached hydrogen (secondary N) is 1. The summed E-state index contributed by atoms with van der Waals surface area (Å²) in [5, 5.41) is 4.04. The van der Waals surface area contributed by atoms with Gasteiger partial charge in [-0.15, -0.1) is 0 Å². The number of hydrazone groups is 1. The molecule has 0 atom stereocenters. The van der Waals surface area contributed by atoms with Crippen molar-refractivity contribution in [1.29, 1.82) is 0 Å². The highest BCUT2D eigenvalue weighted by Gasteiger charge is 2.14. The fourth-order valence-corrected chi connectivity index (χ4v) is 3.72. The number of unbranched alkanes of at least 4 members (excludes halogenated alkanes) is 6. The van der Waals surface area contributed by atoms with Gasteiger partial charge in [-0.25, -0.2) is 15.0 Å². The lowest BCUT2D eigenvalue weighted by Gasteiger charge is -2.10. The number of esters is 2. The van der Waals surface area contributed by atoms with Gasteiger partial charge in [-0.3, -0.25) is 4.79 Å². The average Bonchev–Trinajstić information content (AvgIpc) is 2.94. The van der Waals surface area contributed by atoms with Crippen LogP contribution in [-0.2, 0) is 4.79 Å². The first-order chi connectivity index (χ1) is 18.6. The van der Waals surface area contributed by atoms with Crippen molar-refractivity contribution < 1.29 is 23.9 Å². The molecule has 0 heterocycles. The van der Waals surface area contributed by atoms with E-state index in [0.29, 0.717) is 23.1 Å². The Morgan fingerprint density at radius 1 is 0.737 bits per heavy atom. The number of ether oxygens (including phenoxy) is 2. The van der Waals surface area contributed by atoms with Gasteiger partial charge in [-0.1, -0.05) is 81.8 Å². The Hall–Kier alpha value is -4.26. The summed E-state index contributed by atoms with van der Waals surface area (Å²) < 4.78 is 11.1. The van der Waals surface area contributed by atoms with Gasteiger partial charge in [0.05, 0.1) is 17.3 Å². The van der Waals surface area contributed by atoms with Crippen molar-refractivity contribution in [2.45, 2.75) is 58.3 Å². The minimum absolute atomic E-state index is 0.141. The first-order valence-corrected chi connectivity index (χ1v) is 13.1. The SMILES string of the molecule is CCCCCCCCCC(=O)N/N=C/c1ccc(OC(=O)c2ccccc2)cc1OC(=O)c1ccccc1. The number of carbonyl (C=O) groups is 3. The van der Waals surface area contributed by atoms with Gasteiger partial charge >= 0.3 is 11.9 Å². The Bertz CT molecular complexity index is 1210. The van der Waals surface area contributed by atoms with E-state index in [1.165, 1.54) is 38.0 Å². The van der Waals surface area contributed by atoms with Crippen LogP contribution in [0.1, 0.15) is 84.6 Å². The Morgan fingerprint density at radius 2 is 1.32 bits per heavy atom. The van der Waals surface area contributed by atoms with Crippen molar-refractivity contribution in [2.75, 3.05) is 0 Å². The molecule has 3 aromatic rings. The highest BCUT2D eigenvalue weighted by molar-refractivity contribution is 5.94. The first-order valence-electron chi connectivity index (χ1n) is 13.1. The summed E-state index contributed by atoms with van der Waals surface area (Å²) in [6, 6.07) is 21.8. The summed E-state index contributed by atoms with van der Waals surface area (Å²) in [6.07, 6.45) is 9.69. The molecule has 38 heavy (non-hydrogen) atoms. The molecule has 0 aliphatic carbocycles. The van der Waals surface area contributed by atoms with Gasteiger partial charge in [0.15, 0.2) is 0 Å². The van der Waals surface area contributed by atoms with E-state index >= 15 is 0 Å². The van der Waals surface area contributed by atoms with Gasteiger partial charge in [-0.2, -0.15) is 5.10 Å². The van der Waals surface area contributed by atoms with Gasteiger partial charge in [0.1, 0.15) is 11.5 Å². The second-order valence-corrected chi connectivity index (χ2v) is 8.88. The Balaban J connectivity index is 1.64. The number of amides is 1. The van der Waals surface area contributed by atoms with Crippen LogP contribution in [0.3, 0.4) is 0 Å². The van der Waals surface area contributed by atoms with Gasteiger partial charge in [-0.05, 0) is 42.8 Å². The van der Waals surface area contributed by atoms with Crippen LogP contribution in [0.4, 0.5) is 0 Å². The minimum atomic E-state index is -0.574. The summed E-state index contributed by atoms with van der Waals surface area (Å²) in [6.45, 7) is 2.19. The van der Waals surface area contributed by atoms with E-state index in [1.54, 1.807) is 72.8 Å². The first kappa shape index (κ1) is 28.3. The molecule has 1 amide bonds. The summed E-state index contributed by atoms with van der Waals surface area (Å²) in [4.78, 5) is 37.3. The molecule has 0 bridgehead atoms. The summed E-state index contributed by atoms with van der Waals surface area (Å²) in [5.41, 5.74) is 3.72. The van der Waals surface area contributed by atoms with E-state index in [-0.39, 0.29) is 17.4 Å². The van der Waals surface area contributed by atoms with E-state index in [2.05, 4.69) is 17.5 Å². The van der Waals surface area contributed by atoms with Gasteiger partial charge in [0.25, 0.3) is 0 Å². The van der Waals surface area contributed by atoms with E-state index < -0.39 is 11.9 Å². The van der Waals surface area contributed by atoms with Gasteiger partial charge in [0.2, 0.25) is 5.91 Å². The number of hydrogen-bond acceptors (Lipinski definition) is 6. The van der Waals surface area contributed by atoms with Gasteiger partial charge < -0.3 is 9.47 Å². The molecule has 0 fully saturated rings. The smallest absolute Gasteiger partial charge is 0.343 e. The summed E-state index contributed by atoms with van der Waals surface area (Å²) in [7, 11) is 0. The van der Waals surface area contributed by atoms with E-state index in [0.717, 1.165) is 19.3 Å². The molecule has 0 saturated heterocycles.